The van der Waals surface area contributed by atoms with Gasteiger partial charge in [0.05, 0.1) is 5.54 Å². The summed E-state index contributed by atoms with van der Waals surface area (Å²) in [5.41, 5.74) is 4.36. The molecule has 0 spiro atoms. The molecule has 1 saturated carbocycles. The Balaban J connectivity index is 1.39. The minimum atomic E-state index is -0.345. The minimum Gasteiger partial charge on any atom is -0.368 e. The standard InChI is InChI=1S/C22H26N6O/c1-15-4-5-16(27-13-17(14-27)26(2)3)12-18(15)21(29)25-22(7-8-22)19-6-9-24-28-11-10-23-20(19)28/h4-6,9-12,17H,7-8,13-14H2,1-3H3,(H,25,29). The van der Waals surface area contributed by atoms with Crippen molar-refractivity contribution >= 4 is 17.2 Å². The van der Waals surface area contributed by atoms with Gasteiger partial charge in [-0.2, -0.15) is 5.10 Å². The van der Waals surface area contributed by atoms with Crippen LogP contribution in [0.4, 0.5) is 5.69 Å². The van der Waals surface area contributed by atoms with Gasteiger partial charge in [0.2, 0.25) is 0 Å². The molecule has 0 atom stereocenters. The number of likely N-dealkylation sites (N-methyl/N-ethyl adjacent to an activating group) is 1. The highest BCUT2D eigenvalue weighted by Crippen LogP contribution is 2.47. The summed E-state index contributed by atoms with van der Waals surface area (Å²) in [5, 5.41) is 7.60. The van der Waals surface area contributed by atoms with Crippen molar-refractivity contribution in [3.05, 3.63) is 59.5 Å². The van der Waals surface area contributed by atoms with Crippen LogP contribution < -0.4 is 10.2 Å². The number of anilines is 1. The largest absolute Gasteiger partial charge is 0.368 e. The first-order valence-electron chi connectivity index (χ1n) is 10.1. The van der Waals surface area contributed by atoms with Gasteiger partial charge >= 0.3 is 0 Å². The number of nitrogens with one attached hydrogen (secondary N) is 1. The number of aromatic nitrogens is 3. The highest BCUT2D eigenvalue weighted by Gasteiger charge is 2.47. The number of aryl methyl sites for hydroxylation is 1. The number of rotatable bonds is 5. The van der Waals surface area contributed by atoms with Crippen molar-refractivity contribution in [2.75, 3.05) is 32.1 Å². The molecule has 0 unspecified atom stereocenters. The van der Waals surface area contributed by atoms with Gasteiger partial charge in [0.15, 0.2) is 5.65 Å². The van der Waals surface area contributed by atoms with Crippen molar-refractivity contribution in [3.8, 4) is 0 Å². The van der Waals surface area contributed by atoms with Crippen LogP contribution in [0.25, 0.3) is 5.65 Å². The number of fused-ring (bicyclic) bond motifs is 1. The number of imidazole rings is 1. The van der Waals surface area contributed by atoms with Gasteiger partial charge in [-0.25, -0.2) is 9.50 Å². The van der Waals surface area contributed by atoms with Crippen molar-refractivity contribution in [3.63, 3.8) is 0 Å². The first kappa shape index (κ1) is 18.1. The molecule has 0 bridgehead atoms. The van der Waals surface area contributed by atoms with E-state index in [2.05, 4.69) is 45.4 Å². The van der Waals surface area contributed by atoms with E-state index in [1.165, 1.54) is 0 Å². The van der Waals surface area contributed by atoms with Crippen LogP contribution in [0.15, 0.2) is 42.9 Å². The van der Waals surface area contributed by atoms with Gasteiger partial charge in [-0.15, -0.1) is 0 Å². The Labute approximate surface area is 170 Å². The van der Waals surface area contributed by atoms with Gasteiger partial charge < -0.3 is 15.1 Å². The fourth-order valence-electron chi connectivity index (χ4n) is 4.13. The first-order chi connectivity index (χ1) is 14.0. The molecule has 7 heteroatoms. The minimum absolute atomic E-state index is 0.0203. The molecule has 3 aromatic rings. The van der Waals surface area contributed by atoms with Crippen molar-refractivity contribution in [2.45, 2.75) is 31.3 Å². The van der Waals surface area contributed by atoms with Gasteiger partial charge in [-0.05, 0) is 57.6 Å². The number of amides is 1. The molecule has 3 heterocycles. The van der Waals surface area contributed by atoms with Crippen LogP contribution in [0.2, 0.25) is 0 Å². The molecular weight excluding hydrogens is 364 g/mol. The maximum atomic E-state index is 13.2. The average molecular weight is 390 g/mol. The Morgan fingerprint density at radius 2 is 2.00 bits per heavy atom. The number of carbonyl (C=O) groups excluding carboxylic acids is 1. The zero-order chi connectivity index (χ0) is 20.2. The molecule has 29 heavy (non-hydrogen) atoms. The summed E-state index contributed by atoms with van der Waals surface area (Å²) in [6.45, 7) is 3.99. The lowest BCUT2D eigenvalue weighted by atomic mass is 10.0. The van der Waals surface area contributed by atoms with E-state index in [-0.39, 0.29) is 11.4 Å². The number of carbonyl (C=O) groups is 1. The summed E-state index contributed by atoms with van der Waals surface area (Å²) in [5.74, 6) is -0.0203. The van der Waals surface area contributed by atoms with Crippen molar-refractivity contribution in [2.24, 2.45) is 0 Å². The van der Waals surface area contributed by atoms with Crippen LogP contribution in [-0.4, -0.2) is 58.6 Å². The van der Waals surface area contributed by atoms with Crippen LogP contribution in [0.5, 0.6) is 0 Å². The highest BCUT2D eigenvalue weighted by atomic mass is 16.1. The van der Waals surface area contributed by atoms with Crippen LogP contribution in [0.1, 0.15) is 34.3 Å². The second kappa shape index (κ2) is 6.56. The monoisotopic (exact) mass is 390 g/mol. The number of hydrogen-bond acceptors (Lipinski definition) is 5. The van der Waals surface area contributed by atoms with E-state index in [4.69, 9.17) is 0 Å². The molecule has 1 aliphatic carbocycles. The summed E-state index contributed by atoms with van der Waals surface area (Å²) in [4.78, 5) is 22.3. The quantitative estimate of drug-likeness (QED) is 0.724. The molecule has 1 saturated heterocycles. The molecule has 2 aliphatic rings. The van der Waals surface area contributed by atoms with Gasteiger partial charge in [0.25, 0.3) is 5.91 Å². The Morgan fingerprint density at radius 3 is 2.72 bits per heavy atom. The van der Waals surface area contributed by atoms with Crippen molar-refractivity contribution in [1.29, 1.82) is 0 Å². The summed E-state index contributed by atoms with van der Waals surface area (Å²) >= 11 is 0. The highest BCUT2D eigenvalue weighted by molar-refractivity contribution is 5.97. The molecule has 1 aliphatic heterocycles. The molecule has 2 fully saturated rings. The van der Waals surface area contributed by atoms with Gasteiger partial charge in [-0.3, -0.25) is 4.79 Å². The predicted molar refractivity (Wildman–Crippen MR) is 112 cm³/mol. The van der Waals surface area contributed by atoms with Crippen LogP contribution in [-0.2, 0) is 5.54 Å². The smallest absolute Gasteiger partial charge is 0.252 e. The van der Waals surface area contributed by atoms with Crippen LogP contribution in [0, 0.1) is 6.92 Å². The van der Waals surface area contributed by atoms with Gasteiger partial charge in [0, 0.05) is 54.5 Å². The molecule has 5 rings (SSSR count). The Hall–Kier alpha value is -2.93. The zero-order valence-electron chi connectivity index (χ0n) is 17.1. The first-order valence-corrected chi connectivity index (χ1v) is 10.1. The van der Waals surface area contributed by atoms with Crippen LogP contribution in [0.3, 0.4) is 0 Å². The normalized spacial score (nSPS) is 18.1. The van der Waals surface area contributed by atoms with Gasteiger partial charge in [-0.1, -0.05) is 6.07 Å². The number of hydrogen-bond donors (Lipinski definition) is 1. The van der Waals surface area contributed by atoms with Gasteiger partial charge in [0.1, 0.15) is 0 Å². The Kier molecular flexibility index (Phi) is 4.10. The maximum absolute atomic E-state index is 13.2. The predicted octanol–water partition coefficient (Wildman–Crippen LogP) is 2.21. The summed E-state index contributed by atoms with van der Waals surface area (Å²) in [6, 6.07) is 8.74. The molecule has 1 aromatic carbocycles. The average Bonchev–Trinajstić information content (AvgIpc) is 3.26. The van der Waals surface area contributed by atoms with E-state index in [0.29, 0.717) is 6.04 Å². The molecule has 7 nitrogen and oxygen atoms in total. The Morgan fingerprint density at radius 1 is 1.21 bits per heavy atom. The third-order valence-electron chi connectivity index (χ3n) is 6.34. The van der Waals surface area contributed by atoms with E-state index >= 15 is 0 Å². The van der Waals surface area contributed by atoms with E-state index in [0.717, 1.165) is 54.0 Å². The lowest BCUT2D eigenvalue weighted by molar-refractivity contribution is 0.0930. The maximum Gasteiger partial charge on any atom is 0.252 e. The fraction of sp³-hybridized carbons (Fsp3) is 0.409. The van der Waals surface area contributed by atoms with E-state index < -0.39 is 0 Å². The molecule has 1 N–H and O–H groups in total. The summed E-state index contributed by atoms with van der Waals surface area (Å²) in [7, 11) is 4.22. The zero-order valence-corrected chi connectivity index (χ0v) is 17.1. The topological polar surface area (TPSA) is 65.8 Å². The van der Waals surface area contributed by atoms with Crippen LogP contribution >= 0.6 is 0 Å². The molecule has 1 amide bonds. The summed E-state index contributed by atoms with van der Waals surface area (Å²) < 4.78 is 1.76. The van der Waals surface area contributed by atoms with Crippen molar-refractivity contribution in [1.82, 2.24) is 24.8 Å². The van der Waals surface area contributed by atoms with E-state index in [9.17, 15) is 4.79 Å². The Bertz CT molecular complexity index is 1080. The molecular formula is C22H26N6O. The van der Waals surface area contributed by atoms with E-state index in [1.807, 2.05) is 31.3 Å². The molecule has 0 radical (unpaired) electrons. The third-order valence-corrected chi connectivity index (χ3v) is 6.34. The molecule has 2 aromatic heterocycles. The fourth-order valence-corrected chi connectivity index (χ4v) is 4.13. The SMILES string of the molecule is Cc1ccc(N2CC(N(C)C)C2)cc1C(=O)NC1(c2ccnn3ccnc23)CC1. The number of benzene rings is 1. The second-order valence-electron chi connectivity index (χ2n) is 8.50. The lowest BCUT2D eigenvalue weighted by Gasteiger charge is -2.44. The van der Waals surface area contributed by atoms with E-state index in [1.54, 1.807) is 16.9 Å². The lowest BCUT2D eigenvalue weighted by Crippen LogP contribution is -2.57. The third kappa shape index (κ3) is 3.06. The molecule has 150 valence electrons. The van der Waals surface area contributed by atoms with Crippen molar-refractivity contribution < 1.29 is 4.79 Å². The summed E-state index contributed by atoms with van der Waals surface area (Å²) in [6.07, 6.45) is 7.18. The number of nitrogens with zero attached hydrogens (tertiary/aromatic N) is 5. The second-order valence-corrected chi connectivity index (χ2v) is 8.50.